The van der Waals surface area contributed by atoms with Crippen molar-refractivity contribution in [3.63, 3.8) is 0 Å². The van der Waals surface area contributed by atoms with Gasteiger partial charge in [-0.25, -0.2) is 9.59 Å². The van der Waals surface area contributed by atoms with Crippen LogP contribution in [0.5, 0.6) is 0 Å². The van der Waals surface area contributed by atoms with Gasteiger partial charge >= 0.3 is 11.9 Å². The largest absolute Gasteiger partial charge is 0.473 e. The Morgan fingerprint density at radius 1 is 0.806 bits per heavy atom. The number of fused-ring (bicyclic) bond motifs is 1. The highest BCUT2D eigenvalue weighted by Crippen LogP contribution is 2.20. The summed E-state index contributed by atoms with van der Waals surface area (Å²) in [6.07, 6.45) is 1.55. The molecule has 3 aromatic rings. The Bertz CT molecular complexity index is 1020. The van der Waals surface area contributed by atoms with Gasteiger partial charge in [-0.15, -0.1) is 0 Å². The van der Waals surface area contributed by atoms with Crippen molar-refractivity contribution < 1.29 is 29.0 Å². The van der Waals surface area contributed by atoms with Crippen molar-refractivity contribution in [1.29, 1.82) is 0 Å². The first-order valence-electron chi connectivity index (χ1n) is 9.88. The van der Waals surface area contributed by atoms with Gasteiger partial charge in [-0.05, 0) is 28.5 Å². The number of rotatable bonds is 5. The van der Waals surface area contributed by atoms with Gasteiger partial charge in [0.25, 0.3) is 0 Å². The fraction of sp³-hybridized carbons (Fsp3) is 0.261. The molecular formula is C23H24N2O6. The number of carboxylic acid groups (broad SMARTS) is 2. The number of ketones is 1. The van der Waals surface area contributed by atoms with Gasteiger partial charge in [0.2, 0.25) is 5.78 Å². The van der Waals surface area contributed by atoms with Crippen LogP contribution in [0.3, 0.4) is 0 Å². The van der Waals surface area contributed by atoms with Gasteiger partial charge < -0.3 is 14.6 Å². The van der Waals surface area contributed by atoms with Crippen molar-refractivity contribution in [2.75, 3.05) is 32.7 Å². The predicted octanol–water partition coefficient (Wildman–Crippen LogP) is 2.59. The van der Waals surface area contributed by atoms with Crippen molar-refractivity contribution in [1.82, 2.24) is 9.80 Å². The minimum Gasteiger partial charge on any atom is -0.473 e. The van der Waals surface area contributed by atoms with Crippen LogP contribution in [0.15, 0.2) is 65.3 Å². The molecule has 0 radical (unpaired) electrons. The van der Waals surface area contributed by atoms with E-state index in [4.69, 9.17) is 24.2 Å². The maximum atomic E-state index is 12.1. The molecule has 31 heavy (non-hydrogen) atoms. The second-order valence-corrected chi connectivity index (χ2v) is 7.20. The third-order valence-corrected chi connectivity index (χ3v) is 5.08. The molecule has 1 aliphatic rings. The molecule has 0 atom stereocenters. The summed E-state index contributed by atoms with van der Waals surface area (Å²) in [7, 11) is 0. The Kier molecular flexibility index (Phi) is 7.53. The number of hydrogen-bond acceptors (Lipinski definition) is 6. The van der Waals surface area contributed by atoms with Crippen molar-refractivity contribution in [3.8, 4) is 0 Å². The summed E-state index contributed by atoms with van der Waals surface area (Å²) < 4.78 is 5.19. The van der Waals surface area contributed by atoms with Gasteiger partial charge in [0.15, 0.2) is 5.76 Å². The van der Waals surface area contributed by atoms with E-state index in [2.05, 4.69) is 52.3 Å². The molecule has 0 aliphatic carbocycles. The van der Waals surface area contributed by atoms with Crippen molar-refractivity contribution in [2.45, 2.75) is 6.54 Å². The normalized spacial score (nSPS) is 14.6. The van der Waals surface area contributed by atoms with Gasteiger partial charge in [0.1, 0.15) is 0 Å². The molecular weight excluding hydrogens is 400 g/mol. The third kappa shape index (κ3) is 6.24. The monoisotopic (exact) mass is 424 g/mol. The molecule has 2 N–H and O–H groups in total. The lowest BCUT2D eigenvalue weighted by Gasteiger charge is -2.34. The summed E-state index contributed by atoms with van der Waals surface area (Å²) in [5.41, 5.74) is 1.37. The molecule has 0 bridgehead atoms. The quantitative estimate of drug-likeness (QED) is 0.475. The van der Waals surface area contributed by atoms with Crippen LogP contribution in [-0.2, 0) is 16.1 Å². The summed E-state index contributed by atoms with van der Waals surface area (Å²) in [5, 5.41) is 17.4. The maximum Gasteiger partial charge on any atom is 0.414 e. The minimum absolute atomic E-state index is 0.0625. The van der Waals surface area contributed by atoms with E-state index in [0.717, 1.165) is 32.7 Å². The van der Waals surface area contributed by atoms with E-state index in [0.29, 0.717) is 12.3 Å². The zero-order valence-electron chi connectivity index (χ0n) is 16.9. The number of Topliss-reactive ketones (excluding diaryl/α,β-unsaturated/α-hetero) is 1. The first kappa shape index (κ1) is 22.2. The highest BCUT2D eigenvalue weighted by Gasteiger charge is 2.21. The zero-order valence-corrected chi connectivity index (χ0v) is 16.9. The summed E-state index contributed by atoms with van der Waals surface area (Å²) in [6, 6.07) is 18.6. The smallest absolute Gasteiger partial charge is 0.414 e. The highest BCUT2D eigenvalue weighted by atomic mass is 16.4. The Hall–Kier alpha value is -3.49. The lowest BCUT2D eigenvalue weighted by Crippen LogP contribution is -2.47. The standard InChI is InChI=1S/C21H22N2O2.C2H2O4/c24-20(21-9-4-14-25-21)16-23-12-10-22(11-13-23)15-18-7-3-6-17-5-1-2-8-19(17)18;3-1(4)2(5)6/h1-9,14H,10-13,15-16H2;(H,3,4)(H,5,6). The van der Waals surface area contributed by atoms with Gasteiger partial charge in [0, 0.05) is 32.7 Å². The fourth-order valence-electron chi connectivity index (χ4n) is 3.50. The number of carbonyl (C=O) groups is 3. The molecule has 2 aromatic carbocycles. The number of nitrogens with zero attached hydrogens (tertiary/aromatic N) is 2. The molecule has 0 unspecified atom stereocenters. The van der Waals surface area contributed by atoms with Crippen molar-refractivity contribution in [3.05, 3.63) is 72.2 Å². The SMILES string of the molecule is O=C(CN1CCN(Cc2cccc3ccccc23)CC1)c1ccco1.O=C(O)C(=O)O. The molecule has 4 rings (SSSR count). The molecule has 8 nitrogen and oxygen atoms in total. The number of hydrogen-bond donors (Lipinski definition) is 2. The van der Waals surface area contributed by atoms with Gasteiger partial charge in [-0.2, -0.15) is 0 Å². The first-order valence-corrected chi connectivity index (χ1v) is 9.88. The second kappa shape index (κ2) is 10.5. The zero-order chi connectivity index (χ0) is 22.2. The van der Waals surface area contributed by atoms with E-state index in [1.807, 2.05) is 0 Å². The lowest BCUT2D eigenvalue weighted by atomic mass is 10.0. The molecule has 1 aliphatic heterocycles. The van der Waals surface area contributed by atoms with Crippen LogP contribution in [-0.4, -0.2) is 70.5 Å². The van der Waals surface area contributed by atoms with Crippen molar-refractivity contribution >= 4 is 28.5 Å². The molecule has 162 valence electrons. The van der Waals surface area contributed by atoms with Crippen LogP contribution in [0.25, 0.3) is 10.8 Å². The summed E-state index contributed by atoms with van der Waals surface area (Å²) in [5.74, 6) is -3.13. The van der Waals surface area contributed by atoms with E-state index in [1.165, 1.54) is 16.3 Å². The van der Waals surface area contributed by atoms with E-state index in [9.17, 15) is 4.79 Å². The summed E-state index contributed by atoms with van der Waals surface area (Å²) >= 11 is 0. The molecule has 0 spiro atoms. The molecule has 1 fully saturated rings. The van der Waals surface area contributed by atoms with E-state index < -0.39 is 11.9 Å². The number of aliphatic carboxylic acids is 2. The molecule has 1 aromatic heterocycles. The van der Waals surface area contributed by atoms with Gasteiger partial charge in [0.05, 0.1) is 12.8 Å². The third-order valence-electron chi connectivity index (χ3n) is 5.08. The van der Waals surface area contributed by atoms with Crippen molar-refractivity contribution in [2.24, 2.45) is 0 Å². The topological polar surface area (TPSA) is 111 Å². The van der Waals surface area contributed by atoms with Crippen LogP contribution >= 0.6 is 0 Å². The molecule has 0 saturated carbocycles. The minimum atomic E-state index is -1.82. The van der Waals surface area contributed by atoms with Gasteiger partial charge in [-0.3, -0.25) is 14.6 Å². The number of carboxylic acids is 2. The molecule has 0 amide bonds. The van der Waals surface area contributed by atoms with E-state index in [1.54, 1.807) is 18.4 Å². The Balaban J connectivity index is 0.000000401. The average Bonchev–Trinajstić information content (AvgIpc) is 3.31. The van der Waals surface area contributed by atoms with E-state index in [-0.39, 0.29) is 5.78 Å². The van der Waals surface area contributed by atoms with Crippen LogP contribution in [0.2, 0.25) is 0 Å². The highest BCUT2D eigenvalue weighted by molar-refractivity contribution is 6.27. The Labute approximate surface area is 179 Å². The van der Waals surface area contributed by atoms with Crippen LogP contribution < -0.4 is 0 Å². The number of furan rings is 1. The molecule has 2 heterocycles. The molecule has 1 saturated heterocycles. The number of benzene rings is 2. The maximum absolute atomic E-state index is 12.1. The van der Waals surface area contributed by atoms with Gasteiger partial charge in [-0.1, -0.05) is 42.5 Å². The van der Waals surface area contributed by atoms with Crippen LogP contribution in [0.4, 0.5) is 0 Å². The second-order valence-electron chi connectivity index (χ2n) is 7.20. The molecule has 8 heteroatoms. The van der Waals surface area contributed by atoms with Crippen LogP contribution in [0.1, 0.15) is 16.1 Å². The van der Waals surface area contributed by atoms with E-state index >= 15 is 0 Å². The predicted molar refractivity (Wildman–Crippen MR) is 114 cm³/mol. The van der Waals surface area contributed by atoms with Crippen LogP contribution in [0, 0.1) is 0 Å². The first-order chi connectivity index (χ1) is 14.9. The Morgan fingerprint density at radius 3 is 2.10 bits per heavy atom. The average molecular weight is 424 g/mol. The fourth-order valence-corrected chi connectivity index (χ4v) is 3.50. The lowest BCUT2D eigenvalue weighted by molar-refractivity contribution is -0.159. The summed E-state index contributed by atoms with van der Waals surface area (Å²) in [6.45, 7) is 5.19. The Morgan fingerprint density at radius 2 is 1.45 bits per heavy atom. The number of piperazine rings is 1. The summed E-state index contributed by atoms with van der Waals surface area (Å²) in [4.78, 5) is 35.0. The number of carbonyl (C=O) groups excluding carboxylic acids is 1.